The zero-order chi connectivity index (χ0) is 22.5. The molecule has 0 spiro atoms. The van der Waals surface area contributed by atoms with E-state index in [-0.39, 0.29) is 29.4 Å². The van der Waals surface area contributed by atoms with E-state index < -0.39 is 5.91 Å². The number of nitrogens with zero attached hydrogens (tertiary/aromatic N) is 4. The number of carbonyl (C=O) groups is 2. The second kappa shape index (κ2) is 9.55. The van der Waals surface area contributed by atoms with Gasteiger partial charge in [0.2, 0.25) is 11.9 Å². The van der Waals surface area contributed by atoms with Crippen molar-refractivity contribution in [1.82, 2.24) is 20.1 Å². The number of nitrogens with two attached hydrogens (primary N) is 1. The lowest BCUT2D eigenvalue weighted by Crippen LogP contribution is -2.44. The van der Waals surface area contributed by atoms with E-state index in [9.17, 15) is 9.59 Å². The average Bonchev–Trinajstić information content (AvgIpc) is 2.73. The highest BCUT2D eigenvalue weighted by Gasteiger charge is 2.24. The predicted molar refractivity (Wildman–Crippen MR) is 120 cm³/mol. The maximum atomic E-state index is 11.9. The number of piperidine rings is 1. The van der Waals surface area contributed by atoms with Crippen LogP contribution >= 0.6 is 0 Å². The van der Waals surface area contributed by atoms with Gasteiger partial charge in [-0.2, -0.15) is 4.98 Å². The Morgan fingerprint density at radius 3 is 2.74 bits per heavy atom. The summed E-state index contributed by atoms with van der Waals surface area (Å²) in [6, 6.07) is 5.95. The third-order valence-corrected chi connectivity index (χ3v) is 5.32. The van der Waals surface area contributed by atoms with Gasteiger partial charge < -0.3 is 21.3 Å². The fourth-order valence-electron chi connectivity index (χ4n) is 3.78. The minimum atomic E-state index is -0.718. The molecule has 2 amide bonds. The number of rotatable bonds is 7. The number of anilines is 3. The minimum Gasteiger partial charge on any atom is -0.364 e. The largest absolute Gasteiger partial charge is 0.364 e. The molecule has 3 rings (SSSR count). The summed E-state index contributed by atoms with van der Waals surface area (Å²) in [5, 5.41) is 14.3. The number of hydrogen-bond acceptors (Lipinski definition) is 7. The molecule has 1 unspecified atom stereocenters. The summed E-state index contributed by atoms with van der Waals surface area (Å²) in [5.74, 6) is 0.0921. The smallest absolute Gasteiger partial charge is 0.273 e. The van der Waals surface area contributed by atoms with Crippen LogP contribution in [-0.2, 0) is 4.79 Å². The van der Waals surface area contributed by atoms with Crippen LogP contribution < -0.4 is 16.4 Å². The molecule has 0 saturated carbocycles. The predicted octanol–water partition coefficient (Wildman–Crippen LogP) is 2.73. The Labute approximate surface area is 182 Å². The third kappa shape index (κ3) is 5.36. The van der Waals surface area contributed by atoms with Crippen LogP contribution in [0.1, 0.15) is 54.2 Å². The number of amides is 2. The van der Waals surface area contributed by atoms with Crippen LogP contribution in [0.2, 0.25) is 0 Å². The van der Waals surface area contributed by atoms with Crippen LogP contribution in [0.5, 0.6) is 0 Å². The number of primary amides is 1. The van der Waals surface area contributed by atoms with E-state index in [1.165, 1.54) is 11.6 Å². The summed E-state index contributed by atoms with van der Waals surface area (Å²) < 4.78 is 0. The van der Waals surface area contributed by atoms with Crippen LogP contribution in [0.25, 0.3) is 0 Å². The van der Waals surface area contributed by atoms with Gasteiger partial charge in [-0.05, 0) is 55.0 Å². The molecule has 2 heterocycles. The van der Waals surface area contributed by atoms with Crippen LogP contribution in [0.4, 0.5) is 17.5 Å². The Morgan fingerprint density at radius 2 is 2.10 bits per heavy atom. The van der Waals surface area contributed by atoms with Gasteiger partial charge in [0, 0.05) is 24.8 Å². The average molecular weight is 424 g/mol. The topological polar surface area (TPSA) is 126 Å². The highest BCUT2D eigenvalue weighted by molar-refractivity contribution is 5.96. The third-order valence-electron chi connectivity index (χ3n) is 5.32. The molecular formula is C22H29N7O2. The van der Waals surface area contributed by atoms with E-state index in [1.54, 1.807) is 4.90 Å². The molecular weight excluding hydrogens is 394 g/mol. The molecule has 0 aliphatic carbocycles. The number of nitrogens with one attached hydrogen (secondary N) is 2. The van der Waals surface area contributed by atoms with Crippen molar-refractivity contribution < 1.29 is 9.59 Å². The van der Waals surface area contributed by atoms with Crippen LogP contribution in [0, 0.1) is 6.92 Å². The van der Waals surface area contributed by atoms with E-state index in [2.05, 4.69) is 46.2 Å². The van der Waals surface area contributed by atoms with Crippen molar-refractivity contribution in [2.75, 3.05) is 23.7 Å². The molecule has 1 saturated heterocycles. The molecule has 1 aromatic carbocycles. The van der Waals surface area contributed by atoms with Crippen molar-refractivity contribution in [3.05, 3.63) is 47.7 Å². The van der Waals surface area contributed by atoms with Crippen molar-refractivity contribution >= 4 is 29.3 Å². The minimum absolute atomic E-state index is 0.0284. The maximum absolute atomic E-state index is 11.9. The van der Waals surface area contributed by atoms with E-state index in [0.29, 0.717) is 19.0 Å². The van der Waals surface area contributed by atoms with Gasteiger partial charge in [0.25, 0.3) is 5.91 Å². The molecule has 1 aromatic heterocycles. The zero-order valence-corrected chi connectivity index (χ0v) is 18.2. The first-order valence-corrected chi connectivity index (χ1v) is 10.4. The van der Waals surface area contributed by atoms with Crippen molar-refractivity contribution in [3.8, 4) is 0 Å². The lowest BCUT2D eigenvalue weighted by molar-refractivity contribution is -0.127. The Kier molecular flexibility index (Phi) is 6.84. The fourth-order valence-corrected chi connectivity index (χ4v) is 3.78. The molecule has 1 atom stereocenters. The number of benzene rings is 1. The number of carbonyl (C=O) groups excluding carboxylic acids is 2. The van der Waals surface area contributed by atoms with Gasteiger partial charge in [-0.25, -0.2) is 0 Å². The van der Waals surface area contributed by atoms with Crippen LogP contribution in [0.15, 0.2) is 30.9 Å². The van der Waals surface area contributed by atoms with Gasteiger partial charge in [-0.1, -0.05) is 26.5 Å². The Morgan fingerprint density at radius 1 is 1.32 bits per heavy atom. The van der Waals surface area contributed by atoms with Crippen molar-refractivity contribution in [2.24, 2.45) is 5.73 Å². The molecule has 2 aromatic rings. The quantitative estimate of drug-likeness (QED) is 0.585. The first-order chi connectivity index (χ1) is 14.8. The SMILES string of the molecule is C=CC(=O)N1CCCC(Nc2nnc(C(N)=O)c(Nc3ccc(C(C)C)c(C)c3)n2)C1. The summed E-state index contributed by atoms with van der Waals surface area (Å²) in [5.41, 5.74) is 8.59. The molecule has 4 N–H and O–H groups in total. The molecule has 9 nitrogen and oxygen atoms in total. The number of aromatic nitrogens is 3. The maximum Gasteiger partial charge on any atom is 0.273 e. The molecule has 0 bridgehead atoms. The Hall–Kier alpha value is -3.49. The first kappa shape index (κ1) is 22.2. The highest BCUT2D eigenvalue weighted by Crippen LogP contribution is 2.25. The van der Waals surface area contributed by atoms with Crippen LogP contribution in [0.3, 0.4) is 0 Å². The van der Waals surface area contributed by atoms with E-state index >= 15 is 0 Å². The lowest BCUT2D eigenvalue weighted by Gasteiger charge is -2.32. The molecule has 1 aliphatic rings. The second-order valence-corrected chi connectivity index (χ2v) is 8.02. The standard InChI is InChI=1S/C22H29N7O2/c1-5-18(30)29-10-6-7-16(12-29)25-22-26-21(19(20(23)31)27-28-22)24-15-8-9-17(13(2)3)14(4)11-15/h5,8-9,11,13,16H,1,6-7,10,12H2,2-4H3,(H2,23,31)(H2,24,25,26,28). The summed E-state index contributed by atoms with van der Waals surface area (Å²) >= 11 is 0. The number of aryl methyl sites for hydroxylation is 1. The number of hydrogen-bond donors (Lipinski definition) is 3. The summed E-state index contributed by atoms with van der Waals surface area (Å²) in [7, 11) is 0. The van der Waals surface area contributed by atoms with Gasteiger partial charge in [0.15, 0.2) is 11.5 Å². The van der Waals surface area contributed by atoms with Gasteiger partial charge in [-0.15, -0.1) is 10.2 Å². The lowest BCUT2D eigenvalue weighted by atomic mass is 9.98. The Bertz CT molecular complexity index is 990. The number of likely N-dealkylation sites (tertiary alicyclic amines) is 1. The summed E-state index contributed by atoms with van der Waals surface area (Å²) in [6.45, 7) is 11.1. The normalized spacial score (nSPS) is 16.1. The molecule has 9 heteroatoms. The Balaban J connectivity index is 1.81. The van der Waals surface area contributed by atoms with Crippen molar-refractivity contribution in [2.45, 2.75) is 45.6 Å². The summed E-state index contributed by atoms with van der Waals surface area (Å²) in [4.78, 5) is 29.9. The fraction of sp³-hybridized carbons (Fsp3) is 0.409. The highest BCUT2D eigenvalue weighted by atomic mass is 16.2. The summed E-state index contributed by atoms with van der Waals surface area (Å²) in [6.07, 6.45) is 3.04. The van der Waals surface area contributed by atoms with E-state index in [0.717, 1.165) is 24.1 Å². The van der Waals surface area contributed by atoms with E-state index in [1.807, 2.05) is 25.1 Å². The van der Waals surface area contributed by atoms with Gasteiger partial charge in [0.05, 0.1) is 0 Å². The molecule has 0 radical (unpaired) electrons. The van der Waals surface area contributed by atoms with Crippen molar-refractivity contribution in [3.63, 3.8) is 0 Å². The first-order valence-electron chi connectivity index (χ1n) is 10.4. The van der Waals surface area contributed by atoms with Gasteiger partial charge >= 0.3 is 0 Å². The monoisotopic (exact) mass is 423 g/mol. The molecule has 1 aliphatic heterocycles. The van der Waals surface area contributed by atoms with E-state index in [4.69, 9.17) is 5.73 Å². The van der Waals surface area contributed by atoms with Crippen LogP contribution in [-0.4, -0.2) is 51.0 Å². The molecule has 1 fully saturated rings. The van der Waals surface area contributed by atoms with Gasteiger partial charge in [-0.3, -0.25) is 9.59 Å². The van der Waals surface area contributed by atoms with Crippen molar-refractivity contribution in [1.29, 1.82) is 0 Å². The molecule has 31 heavy (non-hydrogen) atoms. The van der Waals surface area contributed by atoms with Gasteiger partial charge in [0.1, 0.15) is 0 Å². The molecule has 164 valence electrons. The zero-order valence-electron chi connectivity index (χ0n) is 18.2. The second-order valence-electron chi connectivity index (χ2n) is 8.02.